The number of aromatic nitrogens is 1. The Labute approximate surface area is 176 Å². The molecule has 1 aromatic heterocycles. The highest BCUT2D eigenvalue weighted by Crippen LogP contribution is 2.25. The van der Waals surface area contributed by atoms with Crippen molar-refractivity contribution < 1.29 is 17.6 Å². The SMILES string of the molecule is O=C(NCCS(=O)(=O)NCc1ccc(F)cc1)c1csc(-c2cccc(Cl)c2)n1. The van der Waals surface area contributed by atoms with Gasteiger partial charge < -0.3 is 5.32 Å². The monoisotopic (exact) mass is 453 g/mol. The molecule has 0 saturated heterocycles. The van der Waals surface area contributed by atoms with E-state index >= 15 is 0 Å². The lowest BCUT2D eigenvalue weighted by Crippen LogP contribution is -2.34. The predicted octanol–water partition coefficient (Wildman–Crippen LogP) is 3.45. The maximum Gasteiger partial charge on any atom is 0.270 e. The largest absolute Gasteiger partial charge is 0.350 e. The average Bonchev–Trinajstić information content (AvgIpc) is 3.18. The van der Waals surface area contributed by atoms with Gasteiger partial charge in [-0.2, -0.15) is 0 Å². The van der Waals surface area contributed by atoms with Gasteiger partial charge in [0, 0.05) is 29.1 Å². The topological polar surface area (TPSA) is 88.2 Å². The number of hydrogen-bond acceptors (Lipinski definition) is 5. The van der Waals surface area contributed by atoms with Gasteiger partial charge in [-0.3, -0.25) is 4.79 Å². The summed E-state index contributed by atoms with van der Waals surface area (Å²) in [5.41, 5.74) is 1.64. The Morgan fingerprint density at radius 2 is 1.93 bits per heavy atom. The quantitative estimate of drug-likeness (QED) is 0.546. The summed E-state index contributed by atoms with van der Waals surface area (Å²) in [7, 11) is -3.60. The molecule has 0 radical (unpaired) electrons. The lowest BCUT2D eigenvalue weighted by Gasteiger charge is -2.07. The number of nitrogens with zero attached hydrogens (tertiary/aromatic N) is 1. The molecule has 0 aliphatic heterocycles. The average molecular weight is 454 g/mol. The van der Waals surface area contributed by atoms with Gasteiger partial charge in [-0.05, 0) is 29.8 Å². The molecule has 3 aromatic rings. The number of hydrogen-bond donors (Lipinski definition) is 2. The predicted molar refractivity (Wildman–Crippen MR) is 112 cm³/mol. The maximum absolute atomic E-state index is 12.9. The van der Waals surface area contributed by atoms with Gasteiger partial charge in [0.05, 0.1) is 5.75 Å². The zero-order chi connectivity index (χ0) is 20.9. The first-order valence-electron chi connectivity index (χ1n) is 8.54. The summed E-state index contributed by atoms with van der Waals surface area (Å²) >= 11 is 7.26. The van der Waals surface area contributed by atoms with Crippen LogP contribution in [0.4, 0.5) is 4.39 Å². The van der Waals surface area contributed by atoms with Crippen LogP contribution in [0, 0.1) is 5.82 Å². The highest BCUT2D eigenvalue weighted by molar-refractivity contribution is 7.89. The highest BCUT2D eigenvalue weighted by atomic mass is 35.5. The number of halogens is 2. The Morgan fingerprint density at radius 1 is 1.17 bits per heavy atom. The molecule has 2 aromatic carbocycles. The first kappa shape index (κ1) is 21.4. The summed E-state index contributed by atoms with van der Waals surface area (Å²) in [4.78, 5) is 16.5. The van der Waals surface area contributed by atoms with E-state index in [0.29, 0.717) is 15.6 Å². The second kappa shape index (κ2) is 9.45. The van der Waals surface area contributed by atoms with Crippen LogP contribution in [0.15, 0.2) is 53.9 Å². The van der Waals surface area contributed by atoms with Crippen molar-refractivity contribution in [2.45, 2.75) is 6.54 Å². The van der Waals surface area contributed by atoms with Crippen LogP contribution in [0.3, 0.4) is 0 Å². The minimum absolute atomic E-state index is 0.0473. The van der Waals surface area contributed by atoms with Gasteiger partial charge in [0.1, 0.15) is 16.5 Å². The molecule has 29 heavy (non-hydrogen) atoms. The molecule has 2 N–H and O–H groups in total. The Kier molecular flexibility index (Phi) is 6.96. The van der Waals surface area contributed by atoms with Crippen LogP contribution in [-0.2, 0) is 16.6 Å². The third-order valence-electron chi connectivity index (χ3n) is 3.87. The molecule has 1 heterocycles. The standard InChI is InChI=1S/C19H17ClFN3O3S2/c20-15-3-1-2-14(10-15)19-24-17(12-28-19)18(25)22-8-9-29(26,27)23-11-13-4-6-16(21)7-5-13/h1-7,10,12,23H,8-9,11H2,(H,22,25). The molecular formula is C19H17ClFN3O3S2. The van der Waals surface area contributed by atoms with E-state index < -0.39 is 15.9 Å². The fourth-order valence-corrected chi connectivity index (χ4v) is 4.28. The molecule has 6 nitrogen and oxygen atoms in total. The maximum atomic E-state index is 12.9. The highest BCUT2D eigenvalue weighted by Gasteiger charge is 2.14. The van der Waals surface area contributed by atoms with Gasteiger partial charge >= 0.3 is 0 Å². The molecule has 0 fully saturated rings. The summed E-state index contributed by atoms with van der Waals surface area (Å²) in [6.07, 6.45) is 0. The van der Waals surface area contributed by atoms with Crippen molar-refractivity contribution in [3.8, 4) is 10.6 Å². The molecule has 0 aliphatic rings. The summed E-state index contributed by atoms with van der Waals surface area (Å²) in [6, 6.07) is 12.6. The van der Waals surface area contributed by atoms with Crippen molar-refractivity contribution in [1.29, 1.82) is 0 Å². The van der Waals surface area contributed by atoms with Gasteiger partial charge in [-0.25, -0.2) is 22.5 Å². The van der Waals surface area contributed by atoms with Crippen molar-refractivity contribution in [2.75, 3.05) is 12.3 Å². The van der Waals surface area contributed by atoms with Gasteiger partial charge in [0.15, 0.2) is 0 Å². The Morgan fingerprint density at radius 3 is 2.66 bits per heavy atom. The molecule has 10 heteroatoms. The zero-order valence-electron chi connectivity index (χ0n) is 15.1. The van der Waals surface area contributed by atoms with Crippen molar-refractivity contribution in [2.24, 2.45) is 0 Å². The number of benzene rings is 2. The van der Waals surface area contributed by atoms with E-state index in [1.165, 1.54) is 35.6 Å². The Hall–Kier alpha value is -2.33. The number of sulfonamides is 1. The molecule has 0 atom stereocenters. The normalized spacial score (nSPS) is 11.4. The van der Waals surface area contributed by atoms with Crippen molar-refractivity contribution in [3.05, 3.63) is 76.0 Å². The summed E-state index contributed by atoms with van der Waals surface area (Å²) in [5, 5.41) is 5.37. The fourth-order valence-electron chi connectivity index (χ4n) is 2.39. The lowest BCUT2D eigenvalue weighted by molar-refractivity contribution is 0.0952. The van der Waals surface area contributed by atoms with Gasteiger partial charge in [0.2, 0.25) is 10.0 Å². The Bertz CT molecular complexity index is 1100. The number of carbonyl (C=O) groups excluding carboxylic acids is 1. The second-order valence-electron chi connectivity index (χ2n) is 6.07. The van der Waals surface area contributed by atoms with E-state index in [9.17, 15) is 17.6 Å². The van der Waals surface area contributed by atoms with Crippen LogP contribution in [0.5, 0.6) is 0 Å². The fraction of sp³-hybridized carbons (Fsp3) is 0.158. The van der Waals surface area contributed by atoms with E-state index in [1.54, 1.807) is 23.6 Å². The van der Waals surface area contributed by atoms with E-state index in [4.69, 9.17) is 11.6 Å². The van der Waals surface area contributed by atoms with E-state index in [1.807, 2.05) is 6.07 Å². The lowest BCUT2D eigenvalue weighted by atomic mass is 10.2. The molecule has 3 rings (SSSR count). The summed E-state index contributed by atoms with van der Waals surface area (Å²) in [5.74, 6) is -1.13. The molecular weight excluding hydrogens is 437 g/mol. The number of carbonyl (C=O) groups is 1. The van der Waals surface area contributed by atoms with E-state index in [0.717, 1.165) is 5.56 Å². The van der Waals surface area contributed by atoms with Crippen molar-refractivity contribution in [3.63, 3.8) is 0 Å². The number of nitrogens with one attached hydrogen (secondary N) is 2. The van der Waals surface area contributed by atoms with Crippen LogP contribution in [-0.4, -0.2) is 31.6 Å². The van der Waals surface area contributed by atoms with Crippen LogP contribution in [0.1, 0.15) is 16.1 Å². The third-order valence-corrected chi connectivity index (χ3v) is 6.33. The Balaban J connectivity index is 1.49. The third kappa shape index (κ3) is 6.33. The van der Waals surface area contributed by atoms with Crippen LogP contribution in [0.25, 0.3) is 10.6 Å². The van der Waals surface area contributed by atoms with Crippen LogP contribution < -0.4 is 10.0 Å². The smallest absolute Gasteiger partial charge is 0.270 e. The van der Waals surface area contributed by atoms with Crippen molar-refractivity contribution in [1.82, 2.24) is 15.0 Å². The molecule has 1 amide bonds. The van der Waals surface area contributed by atoms with E-state index in [-0.39, 0.29) is 30.4 Å². The molecule has 0 aliphatic carbocycles. The first-order valence-corrected chi connectivity index (χ1v) is 11.4. The molecule has 0 spiro atoms. The summed E-state index contributed by atoms with van der Waals surface area (Å²) < 4.78 is 39.4. The molecule has 0 unspecified atom stereocenters. The minimum atomic E-state index is -3.60. The number of rotatable bonds is 8. The number of amides is 1. The van der Waals surface area contributed by atoms with Crippen LogP contribution >= 0.6 is 22.9 Å². The van der Waals surface area contributed by atoms with Crippen LogP contribution in [0.2, 0.25) is 5.02 Å². The molecule has 0 bridgehead atoms. The van der Waals surface area contributed by atoms with E-state index in [2.05, 4.69) is 15.0 Å². The summed E-state index contributed by atoms with van der Waals surface area (Å²) in [6.45, 7) is -0.0206. The van der Waals surface area contributed by atoms with Gasteiger partial charge in [-0.1, -0.05) is 35.9 Å². The minimum Gasteiger partial charge on any atom is -0.350 e. The van der Waals surface area contributed by atoms with Crippen molar-refractivity contribution >= 4 is 38.9 Å². The zero-order valence-corrected chi connectivity index (χ0v) is 17.5. The molecule has 152 valence electrons. The molecule has 0 saturated carbocycles. The first-order chi connectivity index (χ1) is 13.8. The van der Waals surface area contributed by atoms with Gasteiger partial charge in [0.25, 0.3) is 5.91 Å². The van der Waals surface area contributed by atoms with Gasteiger partial charge in [-0.15, -0.1) is 11.3 Å². The number of thiazole rings is 1. The second-order valence-corrected chi connectivity index (χ2v) is 9.29.